The van der Waals surface area contributed by atoms with Gasteiger partial charge in [0, 0.05) is 0 Å². The van der Waals surface area contributed by atoms with E-state index in [9.17, 15) is 19.1 Å². The number of hydrogen-bond donors (Lipinski definition) is 0. The maximum absolute atomic E-state index is 12.6. The summed E-state index contributed by atoms with van der Waals surface area (Å²) in [6.45, 7) is 3.55. The van der Waals surface area contributed by atoms with E-state index < -0.39 is 25.2 Å². The van der Waals surface area contributed by atoms with E-state index in [1.807, 2.05) is 0 Å². The highest BCUT2D eigenvalue weighted by molar-refractivity contribution is 7.53. The van der Waals surface area contributed by atoms with Crippen LogP contribution in [0.1, 0.15) is 20.3 Å². The van der Waals surface area contributed by atoms with E-state index in [-0.39, 0.29) is 19.4 Å². The van der Waals surface area contributed by atoms with Gasteiger partial charge in [0.25, 0.3) is 0 Å². The average Bonchev–Trinajstić information content (AvgIpc) is 2.15. The van der Waals surface area contributed by atoms with Gasteiger partial charge >= 0.3 is 13.9 Å². The zero-order chi connectivity index (χ0) is 11.9. The maximum Gasteiger partial charge on any atom is 0.350 e. The van der Waals surface area contributed by atoms with Gasteiger partial charge in [0.2, 0.25) is 0 Å². The SMILES string of the molecule is CCOP(=O)(CC[C@H](F)[N+](=O)[O-])OCC. The third-order valence-electron chi connectivity index (χ3n) is 1.52. The molecule has 0 radical (unpaired) electrons. The van der Waals surface area contributed by atoms with Crippen LogP contribution in [-0.4, -0.2) is 30.6 Å². The van der Waals surface area contributed by atoms with Crippen LogP contribution in [0.15, 0.2) is 0 Å². The summed E-state index contributed by atoms with van der Waals surface area (Å²) in [6, 6.07) is 0. The number of halogens is 1. The molecule has 0 aromatic heterocycles. The van der Waals surface area contributed by atoms with Gasteiger partial charge in [-0.1, -0.05) is 0 Å². The molecule has 1 atom stereocenters. The van der Waals surface area contributed by atoms with Crippen molar-refractivity contribution in [3.8, 4) is 0 Å². The number of rotatable bonds is 8. The van der Waals surface area contributed by atoms with Crippen molar-refractivity contribution in [1.29, 1.82) is 0 Å². The Kier molecular flexibility index (Phi) is 6.63. The lowest BCUT2D eigenvalue weighted by atomic mass is 10.5. The molecule has 6 nitrogen and oxygen atoms in total. The zero-order valence-corrected chi connectivity index (χ0v) is 9.61. The van der Waals surface area contributed by atoms with Gasteiger partial charge in [-0.2, -0.15) is 4.39 Å². The molecule has 0 spiro atoms. The molecule has 0 rings (SSSR count). The minimum absolute atomic E-state index is 0.159. The lowest BCUT2D eigenvalue weighted by Crippen LogP contribution is -2.15. The standard InChI is InChI=1S/C7H15FNO5P/c1-3-13-15(12,14-4-2)6-5-7(8)9(10)11/h7H,3-6H2,1-2H3/t7-/m1/s1. The lowest BCUT2D eigenvalue weighted by molar-refractivity contribution is -0.553. The van der Waals surface area contributed by atoms with Gasteiger partial charge in [-0.05, 0) is 13.8 Å². The molecule has 0 aliphatic rings. The molecule has 0 aromatic rings. The van der Waals surface area contributed by atoms with Gasteiger partial charge in [-0.25, -0.2) is 0 Å². The number of hydrogen-bond acceptors (Lipinski definition) is 5. The summed E-state index contributed by atoms with van der Waals surface area (Å²) in [6.07, 6.45) is -2.97. The van der Waals surface area contributed by atoms with Crippen LogP contribution in [0.4, 0.5) is 4.39 Å². The number of nitrogens with zero attached hydrogens (tertiary/aromatic N) is 1. The first-order chi connectivity index (χ1) is 6.95. The Labute approximate surface area is 87.4 Å². The normalized spacial score (nSPS) is 13.8. The van der Waals surface area contributed by atoms with E-state index in [1.165, 1.54) is 0 Å². The molecule has 0 heterocycles. The minimum atomic E-state index is -3.36. The van der Waals surface area contributed by atoms with Crippen molar-refractivity contribution in [2.75, 3.05) is 19.4 Å². The van der Waals surface area contributed by atoms with Crippen molar-refractivity contribution < 1.29 is 22.9 Å². The van der Waals surface area contributed by atoms with Crippen LogP contribution in [-0.2, 0) is 13.6 Å². The second kappa shape index (κ2) is 6.87. The van der Waals surface area contributed by atoms with Crippen LogP contribution in [0.2, 0.25) is 0 Å². The van der Waals surface area contributed by atoms with Crippen molar-refractivity contribution in [1.82, 2.24) is 0 Å². The topological polar surface area (TPSA) is 78.7 Å². The number of alkyl halides is 1. The molecule has 0 saturated carbocycles. The van der Waals surface area contributed by atoms with E-state index in [2.05, 4.69) is 0 Å². The molecule has 0 amide bonds. The molecule has 90 valence electrons. The smallest absolute Gasteiger partial charge is 0.309 e. The predicted octanol–water partition coefficient (Wildman–Crippen LogP) is 2.21. The van der Waals surface area contributed by atoms with Gasteiger partial charge in [0.1, 0.15) is 0 Å². The summed E-state index contributed by atoms with van der Waals surface area (Å²) in [4.78, 5) is 8.92. The fraction of sp³-hybridized carbons (Fsp3) is 1.00. The van der Waals surface area contributed by atoms with E-state index in [4.69, 9.17) is 9.05 Å². The lowest BCUT2D eigenvalue weighted by Gasteiger charge is -2.16. The molecule has 0 aliphatic heterocycles. The van der Waals surface area contributed by atoms with Crippen LogP contribution in [0.25, 0.3) is 0 Å². The molecule has 8 heteroatoms. The van der Waals surface area contributed by atoms with E-state index in [0.717, 1.165) is 0 Å². The van der Waals surface area contributed by atoms with Gasteiger partial charge in [-0.3, -0.25) is 14.7 Å². The van der Waals surface area contributed by atoms with Crippen LogP contribution < -0.4 is 0 Å². The summed E-state index contributed by atoms with van der Waals surface area (Å²) >= 11 is 0. The Balaban J connectivity index is 4.18. The Morgan fingerprint density at radius 3 is 2.20 bits per heavy atom. The van der Waals surface area contributed by atoms with E-state index in [0.29, 0.717) is 0 Å². The summed E-state index contributed by atoms with van der Waals surface area (Å²) < 4.78 is 34.0. The second-order valence-electron chi connectivity index (χ2n) is 2.68. The van der Waals surface area contributed by atoms with Crippen LogP contribution in [0, 0.1) is 10.1 Å². The van der Waals surface area contributed by atoms with Crippen molar-refractivity contribution in [2.24, 2.45) is 0 Å². The molecule has 0 unspecified atom stereocenters. The van der Waals surface area contributed by atoms with Crippen molar-refractivity contribution >= 4 is 7.60 Å². The highest BCUT2D eigenvalue weighted by Crippen LogP contribution is 2.48. The molecule has 0 saturated heterocycles. The maximum atomic E-state index is 12.6. The summed E-state index contributed by atoms with van der Waals surface area (Å²) in [7, 11) is -3.36. The first kappa shape index (κ1) is 14.5. The summed E-state index contributed by atoms with van der Waals surface area (Å²) in [5.41, 5.74) is 0. The molecular formula is C7H15FNO5P. The Hall–Kier alpha value is -0.520. The monoisotopic (exact) mass is 243 g/mol. The third kappa shape index (κ3) is 5.81. The zero-order valence-electron chi connectivity index (χ0n) is 8.72. The largest absolute Gasteiger partial charge is 0.350 e. The molecule has 0 aliphatic carbocycles. The Morgan fingerprint density at radius 2 is 1.87 bits per heavy atom. The van der Waals surface area contributed by atoms with Gasteiger partial charge < -0.3 is 9.05 Å². The van der Waals surface area contributed by atoms with Crippen molar-refractivity contribution in [2.45, 2.75) is 26.6 Å². The fourth-order valence-corrected chi connectivity index (χ4v) is 2.58. The Morgan fingerprint density at radius 1 is 1.40 bits per heavy atom. The third-order valence-corrected chi connectivity index (χ3v) is 3.63. The summed E-state index contributed by atoms with van der Waals surface area (Å²) in [5, 5.41) is 9.99. The van der Waals surface area contributed by atoms with E-state index in [1.54, 1.807) is 13.8 Å². The van der Waals surface area contributed by atoms with Crippen molar-refractivity contribution in [3.63, 3.8) is 0 Å². The Bertz CT molecular complexity index is 240. The van der Waals surface area contributed by atoms with Gasteiger partial charge in [-0.15, -0.1) is 0 Å². The van der Waals surface area contributed by atoms with Crippen LogP contribution in [0.3, 0.4) is 0 Å². The number of nitro groups is 1. The first-order valence-corrected chi connectivity index (χ1v) is 6.33. The highest BCUT2D eigenvalue weighted by atomic mass is 31.2. The molecule has 0 fully saturated rings. The predicted molar refractivity (Wildman–Crippen MR) is 52.2 cm³/mol. The van der Waals surface area contributed by atoms with Gasteiger partial charge in [0.05, 0.1) is 30.7 Å². The molecule has 0 N–H and O–H groups in total. The van der Waals surface area contributed by atoms with Crippen LogP contribution >= 0.6 is 7.60 Å². The van der Waals surface area contributed by atoms with Crippen LogP contribution in [0.5, 0.6) is 0 Å². The van der Waals surface area contributed by atoms with Crippen molar-refractivity contribution in [3.05, 3.63) is 10.1 Å². The molecule has 0 bridgehead atoms. The minimum Gasteiger partial charge on any atom is -0.309 e. The summed E-state index contributed by atoms with van der Waals surface area (Å²) in [5.74, 6) is 0. The second-order valence-corrected chi connectivity index (χ2v) is 4.86. The average molecular weight is 243 g/mol. The molecule has 0 aromatic carbocycles. The van der Waals surface area contributed by atoms with Gasteiger partial charge in [0.15, 0.2) is 0 Å². The molecule has 15 heavy (non-hydrogen) atoms. The fourth-order valence-electron chi connectivity index (χ4n) is 0.930. The highest BCUT2D eigenvalue weighted by Gasteiger charge is 2.28. The molecular weight excluding hydrogens is 228 g/mol. The first-order valence-electron chi connectivity index (χ1n) is 4.61. The van der Waals surface area contributed by atoms with E-state index >= 15 is 0 Å². The quantitative estimate of drug-likeness (QED) is 0.282.